The lowest BCUT2D eigenvalue weighted by atomic mass is 10.1. The lowest BCUT2D eigenvalue weighted by molar-refractivity contribution is -0.119. The van der Waals surface area contributed by atoms with E-state index in [2.05, 4.69) is 20.5 Å². The molecule has 0 spiro atoms. The van der Waals surface area contributed by atoms with E-state index in [-0.39, 0.29) is 12.5 Å². The molecule has 0 saturated carbocycles. The van der Waals surface area contributed by atoms with Crippen molar-refractivity contribution in [3.8, 4) is 0 Å². The van der Waals surface area contributed by atoms with Crippen LogP contribution in [0, 0.1) is 0 Å². The second kappa shape index (κ2) is 12.1. The van der Waals surface area contributed by atoms with Gasteiger partial charge in [0.2, 0.25) is 5.91 Å². The first-order valence-corrected chi connectivity index (χ1v) is 8.61. The highest BCUT2D eigenvalue weighted by molar-refractivity contribution is 5.85. The number of carbonyl (C=O) groups is 1. The van der Waals surface area contributed by atoms with Crippen molar-refractivity contribution < 1.29 is 14.3 Å². The molecule has 2 N–H and O–H groups in total. The lowest BCUT2D eigenvalue weighted by Crippen LogP contribution is -2.47. The number of guanidine groups is 1. The number of nitrogens with zero attached hydrogens (tertiary/aromatic N) is 2. The normalized spacial score (nSPS) is 16.5. The van der Waals surface area contributed by atoms with Crippen LogP contribution in [0.5, 0.6) is 0 Å². The third-order valence-electron chi connectivity index (χ3n) is 3.67. The number of amides is 1. The molecule has 1 aliphatic heterocycles. The molecule has 0 aromatic heterocycles. The van der Waals surface area contributed by atoms with Crippen LogP contribution in [-0.4, -0.2) is 75.9 Å². The number of hydrogen-bond acceptors (Lipinski definition) is 4. The molecule has 7 nitrogen and oxygen atoms in total. The van der Waals surface area contributed by atoms with Gasteiger partial charge in [0, 0.05) is 46.5 Å². The molecule has 1 rings (SSSR count). The molecule has 23 heavy (non-hydrogen) atoms. The van der Waals surface area contributed by atoms with E-state index in [0.717, 1.165) is 58.1 Å². The Morgan fingerprint density at radius 3 is 2.48 bits per heavy atom. The van der Waals surface area contributed by atoms with Crippen LogP contribution in [0.3, 0.4) is 0 Å². The molecule has 0 atom stereocenters. The van der Waals surface area contributed by atoms with Crippen LogP contribution in [0.25, 0.3) is 0 Å². The fourth-order valence-corrected chi connectivity index (χ4v) is 2.51. The molecule has 0 aliphatic carbocycles. The zero-order valence-electron chi connectivity index (χ0n) is 14.8. The lowest BCUT2D eigenvalue weighted by Gasteiger charge is -2.34. The summed E-state index contributed by atoms with van der Waals surface area (Å²) in [5.74, 6) is 0.774. The molecular formula is C16H32N4O3. The number of rotatable bonds is 9. The van der Waals surface area contributed by atoms with Gasteiger partial charge in [0.15, 0.2) is 5.96 Å². The summed E-state index contributed by atoms with van der Waals surface area (Å²) in [5, 5.41) is 6.03. The first kappa shape index (κ1) is 19.7. The van der Waals surface area contributed by atoms with Gasteiger partial charge in [0.1, 0.15) is 6.54 Å². The van der Waals surface area contributed by atoms with Crippen molar-refractivity contribution in [1.29, 1.82) is 0 Å². The predicted molar refractivity (Wildman–Crippen MR) is 91.7 cm³/mol. The van der Waals surface area contributed by atoms with Crippen LogP contribution in [0.1, 0.15) is 33.1 Å². The Morgan fingerprint density at radius 2 is 1.87 bits per heavy atom. The van der Waals surface area contributed by atoms with E-state index in [1.165, 1.54) is 0 Å². The van der Waals surface area contributed by atoms with Crippen molar-refractivity contribution in [2.75, 3.05) is 53.0 Å². The number of piperidine rings is 1. The fourth-order valence-electron chi connectivity index (χ4n) is 2.51. The summed E-state index contributed by atoms with van der Waals surface area (Å²) in [6.07, 6.45) is 3.22. The van der Waals surface area contributed by atoms with E-state index < -0.39 is 0 Å². The van der Waals surface area contributed by atoms with E-state index in [0.29, 0.717) is 12.6 Å². The van der Waals surface area contributed by atoms with Gasteiger partial charge >= 0.3 is 0 Å². The van der Waals surface area contributed by atoms with Gasteiger partial charge in [-0.2, -0.15) is 0 Å². The number of ether oxygens (including phenoxy) is 2. The number of hydrogen-bond donors (Lipinski definition) is 2. The van der Waals surface area contributed by atoms with Crippen LogP contribution in [0.2, 0.25) is 0 Å². The Kier molecular flexibility index (Phi) is 10.4. The monoisotopic (exact) mass is 328 g/mol. The van der Waals surface area contributed by atoms with Crippen LogP contribution < -0.4 is 10.6 Å². The zero-order chi connectivity index (χ0) is 16.9. The second-order valence-corrected chi connectivity index (χ2v) is 5.53. The van der Waals surface area contributed by atoms with Crippen LogP contribution in [0.4, 0.5) is 0 Å². The van der Waals surface area contributed by atoms with Gasteiger partial charge in [-0.15, -0.1) is 0 Å². The van der Waals surface area contributed by atoms with Gasteiger partial charge in [-0.1, -0.05) is 0 Å². The van der Waals surface area contributed by atoms with Crippen molar-refractivity contribution in [3.63, 3.8) is 0 Å². The second-order valence-electron chi connectivity index (χ2n) is 5.53. The molecule has 7 heteroatoms. The molecule has 1 fully saturated rings. The zero-order valence-corrected chi connectivity index (χ0v) is 14.8. The minimum Gasteiger partial charge on any atom is -0.385 e. The van der Waals surface area contributed by atoms with Crippen molar-refractivity contribution in [3.05, 3.63) is 0 Å². The summed E-state index contributed by atoms with van der Waals surface area (Å²) in [4.78, 5) is 18.2. The molecular weight excluding hydrogens is 296 g/mol. The third-order valence-corrected chi connectivity index (χ3v) is 3.67. The molecule has 1 heterocycles. The number of nitrogens with one attached hydrogen (secondary N) is 2. The number of carbonyl (C=O) groups excluding carboxylic acids is 1. The Hall–Kier alpha value is -1.34. The van der Waals surface area contributed by atoms with Crippen molar-refractivity contribution in [2.24, 2.45) is 4.99 Å². The smallest absolute Gasteiger partial charge is 0.241 e. The maximum Gasteiger partial charge on any atom is 0.241 e. The number of likely N-dealkylation sites (tertiary alicyclic amines) is 1. The summed E-state index contributed by atoms with van der Waals surface area (Å²) < 4.78 is 10.9. The van der Waals surface area contributed by atoms with Gasteiger partial charge < -0.3 is 25.0 Å². The molecule has 0 unspecified atom stereocenters. The van der Waals surface area contributed by atoms with Gasteiger partial charge in [-0.05, 0) is 33.1 Å². The molecule has 1 amide bonds. The summed E-state index contributed by atoms with van der Waals surface area (Å²) in [6, 6.07) is 0. The van der Waals surface area contributed by atoms with Crippen LogP contribution in [0.15, 0.2) is 4.99 Å². The van der Waals surface area contributed by atoms with E-state index in [1.54, 1.807) is 7.11 Å². The van der Waals surface area contributed by atoms with Crippen LogP contribution in [-0.2, 0) is 14.3 Å². The molecule has 0 bridgehead atoms. The van der Waals surface area contributed by atoms with E-state index >= 15 is 0 Å². The third kappa shape index (κ3) is 8.18. The average Bonchev–Trinajstić information content (AvgIpc) is 2.56. The highest BCUT2D eigenvalue weighted by Crippen LogP contribution is 2.14. The minimum absolute atomic E-state index is 0.0423. The minimum atomic E-state index is -0.0423. The fraction of sp³-hybridized carbons (Fsp3) is 0.875. The van der Waals surface area contributed by atoms with Crippen LogP contribution >= 0.6 is 0 Å². The van der Waals surface area contributed by atoms with Gasteiger partial charge in [0.25, 0.3) is 0 Å². The van der Waals surface area contributed by atoms with E-state index in [4.69, 9.17) is 9.47 Å². The average molecular weight is 328 g/mol. The van der Waals surface area contributed by atoms with Crippen molar-refractivity contribution in [2.45, 2.75) is 39.2 Å². The SMILES string of the molecule is CCNC(=O)CN=C(NCC)N1CCC(OCCCOC)CC1. The number of likely N-dealkylation sites (N-methyl/N-ethyl adjacent to an activating group) is 1. The first-order valence-electron chi connectivity index (χ1n) is 8.61. The highest BCUT2D eigenvalue weighted by Gasteiger charge is 2.21. The standard InChI is InChI=1S/C16H32N4O3/c1-4-17-15(21)13-19-16(18-5-2)20-9-7-14(8-10-20)23-12-6-11-22-3/h14H,4-13H2,1-3H3,(H,17,21)(H,18,19). The van der Waals surface area contributed by atoms with Crippen molar-refractivity contribution >= 4 is 11.9 Å². The molecule has 0 aromatic rings. The maximum atomic E-state index is 11.6. The Balaban J connectivity index is 2.38. The van der Waals surface area contributed by atoms with Crippen molar-refractivity contribution in [1.82, 2.24) is 15.5 Å². The first-order chi connectivity index (χ1) is 11.2. The Bertz CT molecular complexity index is 355. The predicted octanol–water partition coefficient (Wildman–Crippen LogP) is 0.606. The van der Waals surface area contributed by atoms with Gasteiger partial charge in [-0.3, -0.25) is 4.79 Å². The van der Waals surface area contributed by atoms with E-state index in [9.17, 15) is 4.79 Å². The largest absolute Gasteiger partial charge is 0.385 e. The van der Waals surface area contributed by atoms with E-state index in [1.807, 2.05) is 13.8 Å². The number of aliphatic imine (C=N–C) groups is 1. The molecule has 1 saturated heterocycles. The van der Waals surface area contributed by atoms with Gasteiger partial charge in [-0.25, -0.2) is 4.99 Å². The maximum absolute atomic E-state index is 11.6. The highest BCUT2D eigenvalue weighted by atomic mass is 16.5. The molecule has 0 radical (unpaired) electrons. The number of methoxy groups -OCH3 is 1. The molecule has 134 valence electrons. The van der Waals surface area contributed by atoms with Gasteiger partial charge in [0.05, 0.1) is 6.10 Å². The Morgan fingerprint density at radius 1 is 1.17 bits per heavy atom. The Labute approximate surface area is 139 Å². The summed E-state index contributed by atoms with van der Waals surface area (Å²) in [5.41, 5.74) is 0. The summed E-state index contributed by atoms with van der Waals surface area (Å²) in [6.45, 7) is 8.84. The quantitative estimate of drug-likeness (QED) is 0.368. The topological polar surface area (TPSA) is 75.2 Å². The molecule has 0 aromatic carbocycles. The molecule has 1 aliphatic rings. The summed E-state index contributed by atoms with van der Waals surface area (Å²) in [7, 11) is 1.71. The summed E-state index contributed by atoms with van der Waals surface area (Å²) >= 11 is 0.